The normalized spacial score (nSPS) is 20.0. The topological polar surface area (TPSA) is 74.2 Å². The number of ether oxygens (including phenoxy) is 1. The number of likely N-dealkylation sites (tertiary alicyclic amines) is 1. The smallest absolute Gasteiger partial charge is 0.319 e. The highest BCUT2D eigenvalue weighted by atomic mass is 16.5. The Kier molecular flexibility index (Phi) is 8.09. The average molecular weight is 421 g/mol. The van der Waals surface area contributed by atoms with E-state index in [9.17, 15) is 9.59 Å². The summed E-state index contributed by atoms with van der Waals surface area (Å²) in [5, 5.41) is 4.16. The van der Waals surface area contributed by atoms with Crippen LogP contribution in [0.1, 0.15) is 25.7 Å². The molecule has 3 rings (SSSR count). The molecule has 0 spiro atoms. The lowest BCUT2D eigenvalue weighted by Crippen LogP contribution is -2.50. The van der Waals surface area contributed by atoms with E-state index >= 15 is 0 Å². The van der Waals surface area contributed by atoms with Gasteiger partial charge in [-0.25, -0.2) is 4.79 Å². The number of carbonyl (C=O) groups excluding carboxylic acids is 2. The number of nitrogens with zero attached hydrogens (tertiary/aromatic N) is 6. The standard InChI is InChI=1S/C21H36N6O3/c1-23(2)21(29)25-11-5-19(17-25)27(18-7-15-30-16-8-18)14-13-24(3)20(28)6-12-26-10-4-9-22-26/h4,9-10,18-19H,5-8,11-17H2,1-3H3. The van der Waals surface area contributed by atoms with Gasteiger partial charge in [-0.2, -0.15) is 5.10 Å². The second kappa shape index (κ2) is 10.8. The zero-order valence-corrected chi connectivity index (χ0v) is 18.6. The third-order valence-corrected chi connectivity index (χ3v) is 6.18. The summed E-state index contributed by atoms with van der Waals surface area (Å²) in [7, 11) is 5.48. The summed E-state index contributed by atoms with van der Waals surface area (Å²) in [5.74, 6) is 0.133. The molecular formula is C21H36N6O3. The summed E-state index contributed by atoms with van der Waals surface area (Å²) < 4.78 is 7.35. The van der Waals surface area contributed by atoms with Crippen molar-refractivity contribution >= 4 is 11.9 Å². The summed E-state index contributed by atoms with van der Waals surface area (Å²) in [6, 6.07) is 2.73. The first-order valence-corrected chi connectivity index (χ1v) is 11.0. The molecule has 3 amide bonds. The molecule has 2 saturated heterocycles. The Labute approximate surface area is 179 Å². The fourth-order valence-electron chi connectivity index (χ4n) is 4.37. The Morgan fingerprint density at radius 1 is 1.10 bits per heavy atom. The molecule has 3 heterocycles. The monoisotopic (exact) mass is 420 g/mol. The number of carbonyl (C=O) groups is 2. The van der Waals surface area contributed by atoms with Crippen LogP contribution in [0, 0.1) is 0 Å². The first-order valence-electron chi connectivity index (χ1n) is 11.0. The van der Waals surface area contributed by atoms with Gasteiger partial charge in [-0.15, -0.1) is 0 Å². The maximum absolute atomic E-state index is 12.6. The van der Waals surface area contributed by atoms with Gasteiger partial charge in [0.1, 0.15) is 0 Å². The quantitative estimate of drug-likeness (QED) is 0.627. The first kappa shape index (κ1) is 22.6. The van der Waals surface area contributed by atoms with Crippen LogP contribution >= 0.6 is 0 Å². The van der Waals surface area contributed by atoms with Crippen LogP contribution in [0.4, 0.5) is 4.79 Å². The molecular weight excluding hydrogens is 384 g/mol. The van der Waals surface area contributed by atoms with E-state index < -0.39 is 0 Å². The third-order valence-electron chi connectivity index (χ3n) is 6.18. The molecule has 0 aromatic carbocycles. The minimum Gasteiger partial charge on any atom is -0.381 e. The van der Waals surface area contributed by atoms with Gasteiger partial charge in [-0.1, -0.05) is 0 Å². The van der Waals surface area contributed by atoms with Gasteiger partial charge in [0.05, 0.1) is 0 Å². The van der Waals surface area contributed by atoms with Crippen LogP contribution < -0.4 is 0 Å². The summed E-state index contributed by atoms with van der Waals surface area (Å²) in [5.41, 5.74) is 0. The Morgan fingerprint density at radius 3 is 2.53 bits per heavy atom. The van der Waals surface area contributed by atoms with E-state index in [1.54, 1.807) is 29.9 Å². The molecule has 1 aromatic rings. The largest absolute Gasteiger partial charge is 0.381 e. The highest BCUT2D eigenvalue weighted by molar-refractivity contribution is 5.75. The minimum atomic E-state index is 0.0790. The van der Waals surface area contributed by atoms with E-state index in [1.807, 2.05) is 29.1 Å². The van der Waals surface area contributed by atoms with E-state index in [-0.39, 0.29) is 11.9 Å². The molecule has 0 radical (unpaired) electrons. The van der Waals surface area contributed by atoms with Crippen molar-refractivity contribution in [1.82, 2.24) is 29.4 Å². The number of urea groups is 1. The lowest BCUT2D eigenvalue weighted by atomic mass is 10.0. The van der Waals surface area contributed by atoms with Crippen LogP contribution in [0.25, 0.3) is 0 Å². The summed E-state index contributed by atoms with van der Waals surface area (Å²) in [6.07, 6.45) is 7.05. The average Bonchev–Trinajstić information content (AvgIpc) is 3.44. The minimum absolute atomic E-state index is 0.0790. The van der Waals surface area contributed by atoms with Crippen molar-refractivity contribution in [2.75, 3.05) is 60.5 Å². The van der Waals surface area contributed by atoms with Crippen LogP contribution in [0.3, 0.4) is 0 Å². The Morgan fingerprint density at radius 2 is 1.87 bits per heavy atom. The van der Waals surface area contributed by atoms with Gasteiger partial charge >= 0.3 is 6.03 Å². The maximum Gasteiger partial charge on any atom is 0.319 e. The van der Waals surface area contributed by atoms with Crippen molar-refractivity contribution in [2.24, 2.45) is 0 Å². The third kappa shape index (κ3) is 5.95. The SMILES string of the molecule is CN(C)C(=O)N1CCC(N(CCN(C)C(=O)CCn2cccn2)C2CCOCC2)C1. The molecule has 1 aromatic heterocycles. The van der Waals surface area contributed by atoms with Gasteiger partial charge < -0.3 is 19.4 Å². The molecule has 0 aliphatic carbocycles. The Bertz CT molecular complexity index is 674. The maximum atomic E-state index is 12.6. The molecule has 1 atom stereocenters. The number of aryl methyl sites for hydroxylation is 1. The molecule has 2 fully saturated rings. The fourth-order valence-corrected chi connectivity index (χ4v) is 4.37. The van der Waals surface area contributed by atoms with Gasteiger partial charge in [0.15, 0.2) is 0 Å². The molecule has 0 N–H and O–H groups in total. The van der Waals surface area contributed by atoms with Gasteiger partial charge in [-0.3, -0.25) is 14.4 Å². The number of rotatable bonds is 8. The molecule has 30 heavy (non-hydrogen) atoms. The summed E-state index contributed by atoms with van der Waals surface area (Å²) >= 11 is 0. The Balaban J connectivity index is 1.54. The van der Waals surface area contributed by atoms with Crippen molar-refractivity contribution in [1.29, 1.82) is 0 Å². The summed E-state index contributed by atoms with van der Waals surface area (Å²) in [4.78, 5) is 32.9. The Hall–Kier alpha value is -2.13. The molecule has 9 heteroatoms. The number of hydrogen-bond donors (Lipinski definition) is 0. The van der Waals surface area contributed by atoms with Crippen LogP contribution in [-0.4, -0.2) is 114 Å². The van der Waals surface area contributed by atoms with Crippen LogP contribution in [0.15, 0.2) is 18.5 Å². The van der Waals surface area contributed by atoms with Crippen LogP contribution in [0.2, 0.25) is 0 Å². The van der Waals surface area contributed by atoms with E-state index in [4.69, 9.17) is 4.74 Å². The second-order valence-electron chi connectivity index (χ2n) is 8.48. The molecule has 9 nitrogen and oxygen atoms in total. The van der Waals surface area contributed by atoms with Crippen molar-refractivity contribution < 1.29 is 14.3 Å². The van der Waals surface area contributed by atoms with Crippen molar-refractivity contribution in [3.8, 4) is 0 Å². The van der Waals surface area contributed by atoms with E-state index in [0.29, 0.717) is 31.6 Å². The summed E-state index contributed by atoms with van der Waals surface area (Å²) in [6.45, 7) is 5.23. The van der Waals surface area contributed by atoms with Gasteiger partial charge in [0, 0.05) is 98.0 Å². The van der Waals surface area contributed by atoms with Crippen LogP contribution in [-0.2, 0) is 16.1 Å². The molecule has 2 aliphatic heterocycles. The van der Waals surface area contributed by atoms with Crippen molar-refractivity contribution in [3.05, 3.63) is 18.5 Å². The zero-order chi connectivity index (χ0) is 21.5. The second-order valence-corrected chi connectivity index (χ2v) is 8.48. The fraction of sp³-hybridized carbons (Fsp3) is 0.762. The first-order chi connectivity index (χ1) is 14.5. The van der Waals surface area contributed by atoms with Gasteiger partial charge in [0.25, 0.3) is 0 Å². The number of likely N-dealkylation sites (N-methyl/N-ethyl adjacent to an activating group) is 1. The number of hydrogen-bond acceptors (Lipinski definition) is 5. The van der Waals surface area contributed by atoms with Crippen molar-refractivity contribution in [3.63, 3.8) is 0 Å². The zero-order valence-electron chi connectivity index (χ0n) is 18.6. The lowest BCUT2D eigenvalue weighted by molar-refractivity contribution is -0.130. The molecule has 0 saturated carbocycles. The molecule has 0 bridgehead atoms. The van der Waals surface area contributed by atoms with Crippen molar-refractivity contribution in [2.45, 2.75) is 44.3 Å². The van der Waals surface area contributed by atoms with Gasteiger partial charge in [-0.05, 0) is 25.3 Å². The molecule has 2 aliphatic rings. The number of amides is 3. The predicted molar refractivity (Wildman–Crippen MR) is 114 cm³/mol. The van der Waals surface area contributed by atoms with E-state index in [0.717, 1.165) is 52.1 Å². The molecule has 168 valence electrons. The van der Waals surface area contributed by atoms with Gasteiger partial charge in [0.2, 0.25) is 5.91 Å². The van der Waals surface area contributed by atoms with E-state index in [2.05, 4.69) is 10.00 Å². The van der Waals surface area contributed by atoms with E-state index in [1.165, 1.54) is 0 Å². The molecule has 1 unspecified atom stereocenters. The predicted octanol–water partition coefficient (Wildman–Crippen LogP) is 0.969. The lowest BCUT2D eigenvalue weighted by Gasteiger charge is -2.39. The van der Waals surface area contributed by atoms with Crippen LogP contribution in [0.5, 0.6) is 0 Å². The highest BCUT2D eigenvalue weighted by Gasteiger charge is 2.35. The highest BCUT2D eigenvalue weighted by Crippen LogP contribution is 2.23. The number of aromatic nitrogens is 2.